The van der Waals surface area contributed by atoms with Gasteiger partial charge in [0, 0.05) is 35.8 Å². The zero-order valence-corrected chi connectivity index (χ0v) is 32.1. The van der Waals surface area contributed by atoms with Crippen LogP contribution in [0.25, 0.3) is 17.1 Å². The maximum Gasteiger partial charge on any atom is 0.410 e. The van der Waals surface area contributed by atoms with E-state index >= 15 is 0 Å². The third-order valence-electron chi connectivity index (χ3n) is 9.49. The van der Waals surface area contributed by atoms with Crippen molar-refractivity contribution in [3.8, 4) is 22.8 Å². The lowest BCUT2D eigenvalue weighted by atomic mass is 9.86. The van der Waals surface area contributed by atoms with Gasteiger partial charge in [0.2, 0.25) is 0 Å². The van der Waals surface area contributed by atoms with Crippen LogP contribution in [0.15, 0.2) is 60.8 Å². The van der Waals surface area contributed by atoms with Gasteiger partial charge in [-0.3, -0.25) is 0 Å². The summed E-state index contributed by atoms with van der Waals surface area (Å²) in [5.74, 6) is 0.853. The minimum atomic E-state index is -0.992. The summed E-state index contributed by atoms with van der Waals surface area (Å²) in [6.45, 7) is 12.7. The third-order valence-corrected chi connectivity index (χ3v) is 9.58. The van der Waals surface area contributed by atoms with Crippen molar-refractivity contribution < 1.29 is 33.7 Å². The number of likely N-dealkylation sites (tertiary alicyclic amines) is 1. The smallest absolute Gasteiger partial charge is 0.410 e. The summed E-state index contributed by atoms with van der Waals surface area (Å²) < 4.78 is 18.1. The van der Waals surface area contributed by atoms with E-state index in [4.69, 9.17) is 26.1 Å². The zero-order chi connectivity index (χ0) is 38.2. The lowest BCUT2D eigenvalue weighted by molar-refractivity contribution is 0.0683. The summed E-state index contributed by atoms with van der Waals surface area (Å²) in [5, 5.41) is 14.0. The summed E-state index contributed by atoms with van der Waals surface area (Å²) in [6, 6.07) is 18.6. The topological polar surface area (TPSA) is 133 Å². The Balaban J connectivity index is 0.000000705. The van der Waals surface area contributed by atoms with E-state index in [-0.39, 0.29) is 30.0 Å². The van der Waals surface area contributed by atoms with Crippen LogP contribution in [0.2, 0.25) is 0 Å². The van der Waals surface area contributed by atoms with Gasteiger partial charge in [-0.05, 0) is 113 Å². The monoisotopic (exact) mass is 744 g/mol. The standard InChI is InChI=1S/C37H42N4O5.C4H7ClO2/c1-5-24-21-27(14-15-28(24)25-17-19-40(20-18-25)37(44)45-23(3)4)46-33-16-13-26-9-7-10-29(35(26)33)31-11-8-12-34(39-31)41-32(6-2)30(22-38-41)36(42)43;1-3(2)7-4(5)6/h7-12,14-15,21-23,25,33H,5-6,13,16-20H2,1-4H3,(H,42,43);3H,1-2H3/t33-;/m0./s1. The fourth-order valence-electron chi connectivity index (χ4n) is 7.12. The summed E-state index contributed by atoms with van der Waals surface area (Å²) in [6.07, 6.45) is 5.90. The number of amides is 1. The number of carboxylic acids is 1. The van der Waals surface area contributed by atoms with Gasteiger partial charge in [0.15, 0.2) is 5.82 Å². The van der Waals surface area contributed by atoms with Gasteiger partial charge in [-0.1, -0.05) is 44.2 Å². The van der Waals surface area contributed by atoms with Crippen LogP contribution in [0.5, 0.6) is 5.75 Å². The van der Waals surface area contributed by atoms with Crippen molar-refractivity contribution in [3.05, 3.63) is 94.3 Å². The molecule has 4 aromatic rings. The maximum atomic E-state index is 12.4. The van der Waals surface area contributed by atoms with Crippen molar-refractivity contribution in [2.45, 2.75) is 104 Å². The number of ether oxygens (including phenoxy) is 3. The van der Waals surface area contributed by atoms with Crippen LogP contribution in [0.3, 0.4) is 0 Å². The molecule has 1 atom stereocenters. The summed E-state index contributed by atoms with van der Waals surface area (Å²) in [4.78, 5) is 40.7. The van der Waals surface area contributed by atoms with Crippen LogP contribution in [0.1, 0.15) is 111 Å². The van der Waals surface area contributed by atoms with E-state index in [1.54, 1.807) is 18.5 Å². The van der Waals surface area contributed by atoms with E-state index in [1.807, 2.05) is 43.9 Å². The van der Waals surface area contributed by atoms with Crippen molar-refractivity contribution in [2.24, 2.45) is 0 Å². The number of fused-ring (bicyclic) bond motifs is 1. The predicted octanol–water partition coefficient (Wildman–Crippen LogP) is 9.32. The fraction of sp³-hybridized carbons (Fsp3) is 0.439. The number of benzene rings is 2. The van der Waals surface area contributed by atoms with Gasteiger partial charge in [0.05, 0.1) is 29.8 Å². The Morgan fingerprint density at radius 2 is 1.64 bits per heavy atom. The van der Waals surface area contributed by atoms with Crippen LogP contribution in [0.4, 0.5) is 9.59 Å². The largest absolute Gasteiger partial charge is 0.486 e. The van der Waals surface area contributed by atoms with E-state index in [1.165, 1.54) is 22.9 Å². The van der Waals surface area contributed by atoms with Gasteiger partial charge in [-0.2, -0.15) is 5.10 Å². The number of aryl methyl sites for hydroxylation is 2. The SMILES string of the molecule is CC(C)OC(=O)Cl.CCc1cc(O[C@H]2CCc3cccc(-c4cccc(-n5ncc(C(=O)O)c5CC)n4)c32)ccc1C1CCN(C(=O)OC(C)C)CC1. The number of carbonyl (C=O) groups is 3. The van der Waals surface area contributed by atoms with Gasteiger partial charge in [0.25, 0.3) is 0 Å². The number of rotatable bonds is 10. The number of piperidine rings is 1. The van der Waals surface area contributed by atoms with E-state index < -0.39 is 11.4 Å². The molecule has 6 rings (SSSR count). The number of carbonyl (C=O) groups excluding carboxylic acids is 2. The highest BCUT2D eigenvalue weighted by molar-refractivity contribution is 6.61. The van der Waals surface area contributed by atoms with E-state index in [0.717, 1.165) is 54.7 Å². The van der Waals surface area contributed by atoms with Crippen molar-refractivity contribution >= 4 is 29.1 Å². The molecule has 0 saturated carbocycles. The number of hydrogen-bond acceptors (Lipinski definition) is 8. The van der Waals surface area contributed by atoms with Crippen LogP contribution >= 0.6 is 11.6 Å². The van der Waals surface area contributed by atoms with Gasteiger partial charge >= 0.3 is 17.5 Å². The molecule has 2 aromatic carbocycles. The third kappa shape index (κ3) is 9.56. The average Bonchev–Trinajstić information content (AvgIpc) is 3.76. The molecule has 1 N–H and O–H groups in total. The molecule has 1 aliphatic heterocycles. The van der Waals surface area contributed by atoms with Crippen molar-refractivity contribution in [1.29, 1.82) is 0 Å². The quantitative estimate of drug-likeness (QED) is 0.158. The van der Waals surface area contributed by atoms with E-state index in [2.05, 4.69) is 53.2 Å². The first-order valence-corrected chi connectivity index (χ1v) is 18.8. The first-order valence-electron chi connectivity index (χ1n) is 18.4. The van der Waals surface area contributed by atoms with Crippen LogP contribution in [-0.4, -0.2) is 67.6 Å². The minimum absolute atomic E-state index is 0.106. The van der Waals surface area contributed by atoms with Crippen LogP contribution in [-0.2, 0) is 28.7 Å². The molecule has 11 nitrogen and oxygen atoms in total. The second-order valence-corrected chi connectivity index (χ2v) is 14.1. The molecule has 1 fully saturated rings. The molecular formula is C41H49ClN4O7. The van der Waals surface area contributed by atoms with Crippen LogP contribution < -0.4 is 4.74 Å². The second-order valence-electron chi connectivity index (χ2n) is 13.8. The van der Waals surface area contributed by atoms with Crippen molar-refractivity contribution in [3.63, 3.8) is 0 Å². The molecule has 12 heteroatoms. The Hall–Kier alpha value is -4.90. The Labute approximate surface area is 316 Å². The van der Waals surface area contributed by atoms with Crippen molar-refractivity contribution in [2.75, 3.05) is 13.1 Å². The molecule has 1 aliphatic carbocycles. The molecule has 0 radical (unpaired) electrons. The molecule has 3 heterocycles. The fourth-order valence-corrected chi connectivity index (χ4v) is 7.30. The number of pyridine rings is 1. The molecule has 2 aromatic heterocycles. The molecule has 1 saturated heterocycles. The Morgan fingerprint density at radius 1 is 0.925 bits per heavy atom. The molecule has 1 amide bonds. The highest BCUT2D eigenvalue weighted by atomic mass is 35.5. The second kappa shape index (κ2) is 17.7. The molecule has 0 bridgehead atoms. The predicted molar refractivity (Wildman–Crippen MR) is 203 cm³/mol. The highest BCUT2D eigenvalue weighted by Gasteiger charge is 2.30. The molecule has 282 valence electrons. The Kier molecular flexibility index (Phi) is 13.2. The van der Waals surface area contributed by atoms with E-state index in [0.29, 0.717) is 36.9 Å². The number of carboxylic acid groups (broad SMARTS) is 1. The molecule has 2 aliphatic rings. The summed E-state index contributed by atoms with van der Waals surface area (Å²) >= 11 is 4.81. The van der Waals surface area contributed by atoms with E-state index in [9.17, 15) is 19.5 Å². The average molecular weight is 745 g/mol. The number of aromatic nitrogens is 3. The lowest BCUT2D eigenvalue weighted by Crippen LogP contribution is -2.39. The van der Waals surface area contributed by atoms with Crippen LogP contribution in [0, 0.1) is 0 Å². The zero-order valence-electron chi connectivity index (χ0n) is 31.3. The first kappa shape index (κ1) is 39.3. The number of nitrogens with zero attached hydrogens (tertiary/aromatic N) is 4. The highest BCUT2D eigenvalue weighted by Crippen LogP contribution is 2.42. The summed E-state index contributed by atoms with van der Waals surface area (Å²) in [7, 11) is 0. The van der Waals surface area contributed by atoms with Gasteiger partial charge in [-0.25, -0.2) is 24.0 Å². The number of hydrogen-bond donors (Lipinski definition) is 1. The maximum absolute atomic E-state index is 12.4. The van der Waals surface area contributed by atoms with Gasteiger partial charge in [-0.15, -0.1) is 0 Å². The number of halogens is 1. The van der Waals surface area contributed by atoms with Gasteiger partial charge in [0.1, 0.15) is 17.4 Å². The molecule has 0 unspecified atom stereocenters. The lowest BCUT2D eigenvalue weighted by Gasteiger charge is -2.33. The first-order chi connectivity index (χ1) is 25.4. The minimum Gasteiger partial charge on any atom is -0.486 e. The number of aromatic carboxylic acids is 1. The summed E-state index contributed by atoms with van der Waals surface area (Å²) in [5.41, 5.74) is 6.92. The normalized spacial score (nSPS) is 15.5. The van der Waals surface area contributed by atoms with Crippen molar-refractivity contribution in [1.82, 2.24) is 19.7 Å². The molecule has 53 heavy (non-hydrogen) atoms. The Bertz CT molecular complexity index is 1920. The van der Waals surface area contributed by atoms with Gasteiger partial charge < -0.3 is 24.2 Å². The molecule has 0 spiro atoms. The molecular weight excluding hydrogens is 696 g/mol. The Morgan fingerprint density at radius 3 is 2.26 bits per heavy atom.